The van der Waals surface area contributed by atoms with Gasteiger partial charge >= 0.3 is 5.97 Å². The normalized spacial score (nSPS) is 32.7. The number of nitrogens with one attached hydrogen (secondary N) is 1. The summed E-state index contributed by atoms with van der Waals surface area (Å²) in [6, 6.07) is 8.45. The van der Waals surface area contributed by atoms with E-state index in [0.29, 0.717) is 0 Å². The maximum absolute atomic E-state index is 12.0. The van der Waals surface area contributed by atoms with E-state index in [1.54, 1.807) is 0 Å². The van der Waals surface area contributed by atoms with E-state index in [0.717, 1.165) is 32.2 Å². The van der Waals surface area contributed by atoms with Gasteiger partial charge in [-0.2, -0.15) is 0 Å². The molecular formula is C16H21NO2. The zero-order valence-electron chi connectivity index (χ0n) is 11.4. The Hall–Kier alpha value is -1.35. The minimum absolute atomic E-state index is 0.221. The Morgan fingerprint density at radius 2 is 1.79 bits per heavy atom. The van der Waals surface area contributed by atoms with Crippen LogP contribution in [0.2, 0.25) is 0 Å². The van der Waals surface area contributed by atoms with E-state index in [2.05, 4.69) is 29.6 Å². The molecule has 3 nitrogen and oxygen atoms in total. The van der Waals surface area contributed by atoms with Crippen molar-refractivity contribution in [1.29, 1.82) is 0 Å². The Kier molecular flexibility index (Phi) is 3.09. The molecule has 1 saturated carbocycles. The Morgan fingerprint density at radius 3 is 2.21 bits per heavy atom. The lowest BCUT2D eigenvalue weighted by molar-refractivity contribution is -0.148. The van der Waals surface area contributed by atoms with Crippen molar-refractivity contribution >= 4 is 5.97 Å². The molecule has 1 aromatic carbocycles. The monoisotopic (exact) mass is 259 g/mol. The van der Waals surface area contributed by atoms with Gasteiger partial charge in [-0.15, -0.1) is 0 Å². The van der Waals surface area contributed by atoms with Crippen LogP contribution in [0.3, 0.4) is 0 Å². The molecule has 0 radical (unpaired) electrons. The van der Waals surface area contributed by atoms with E-state index in [-0.39, 0.29) is 11.8 Å². The SMILES string of the molecule is CCNC1(C(=O)O)C2CCC1Cc1ccccc1C2. The lowest BCUT2D eigenvalue weighted by Gasteiger charge is -2.35. The molecule has 2 aliphatic rings. The van der Waals surface area contributed by atoms with Crippen LogP contribution < -0.4 is 5.32 Å². The van der Waals surface area contributed by atoms with Crippen LogP contribution in [0.1, 0.15) is 30.9 Å². The first-order valence-corrected chi connectivity index (χ1v) is 7.23. The molecule has 3 rings (SSSR count). The van der Waals surface area contributed by atoms with Gasteiger partial charge in [0.15, 0.2) is 0 Å². The Bertz CT molecular complexity index is 464. The second-order valence-electron chi connectivity index (χ2n) is 5.85. The number of carboxylic acid groups (broad SMARTS) is 1. The molecule has 3 heteroatoms. The Balaban J connectivity index is 2.05. The van der Waals surface area contributed by atoms with Gasteiger partial charge in [-0.3, -0.25) is 4.79 Å². The molecule has 2 aliphatic carbocycles. The van der Waals surface area contributed by atoms with E-state index >= 15 is 0 Å². The van der Waals surface area contributed by atoms with Crippen molar-refractivity contribution in [3.05, 3.63) is 35.4 Å². The van der Waals surface area contributed by atoms with Gasteiger partial charge in [0, 0.05) is 0 Å². The Labute approximate surface area is 114 Å². The summed E-state index contributed by atoms with van der Waals surface area (Å²) in [5, 5.41) is 13.2. The van der Waals surface area contributed by atoms with Crippen LogP contribution >= 0.6 is 0 Å². The van der Waals surface area contributed by atoms with Gasteiger partial charge in [-0.05, 0) is 55.2 Å². The molecule has 102 valence electrons. The molecule has 1 fully saturated rings. The summed E-state index contributed by atoms with van der Waals surface area (Å²) < 4.78 is 0. The summed E-state index contributed by atoms with van der Waals surface area (Å²) in [5.74, 6) is -0.216. The molecule has 0 amide bonds. The van der Waals surface area contributed by atoms with Crippen molar-refractivity contribution in [2.24, 2.45) is 11.8 Å². The van der Waals surface area contributed by atoms with Crippen molar-refractivity contribution in [3.63, 3.8) is 0 Å². The topological polar surface area (TPSA) is 49.3 Å². The standard InChI is InChI=1S/C16H21NO2/c1-2-17-16(15(18)19)13-7-8-14(16)10-12-6-4-3-5-11(12)9-13/h3-6,13-14,17H,2,7-10H2,1H3,(H,18,19). The molecule has 2 N–H and O–H groups in total. The summed E-state index contributed by atoms with van der Waals surface area (Å²) in [7, 11) is 0. The number of benzene rings is 1. The minimum atomic E-state index is -0.715. The van der Waals surface area contributed by atoms with Crippen molar-refractivity contribution in [2.45, 2.75) is 38.1 Å². The number of rotatable bonds is 3. The van der Waals surface area contributed by atoms with Crippen LogP contribution in [-0.4, -0.2) is 23.2 Å². The summed E-state index contributed by atoms with van der Waals surface area (Å²) in [4.78, 5) is 12.0. The van der Waals surface area contributed by atoms with Crippen LogP contribution in [0.15, 0.2) is 24.3 Å². The van der Waals surface area contributed by atoms with Crippen LogP contribution in [0.5, 0.6) is 0 Å². The van der Waals surface area contributed by atoms with E-state index in [1.807, 2.05) is 6.92 Å². The van der Waals surface area contributed by atoms with E-state index in [4.69, 9.17) is 0 Å². The second-order valence-corrected chi connectivity index (χ2v) is 5.85. The first-order chi connectivity index (χ1) is 9.18. The van der Waals surface area contributed by atoms with Gasteiger partial charge in [0.05, 0.1) is 0 Å². The number of carbonyl (C=O) groups is 1. The highest BCUT2D eigenvalue weighted by atomic mass is 16.4. The van der Waals surface area contributed by atoms with E-state index < -0.39 is 11.5 Å². The average Bonchev–Trinajstić information content (AvgIpc) is 2.63. The van der Waals surface area contributed by atoms with Gasteiger partial charge in [-0.25, -0.2) is 0 Å². The number of fused-ring (bicyclic) bond motifs is 3. The first kappa shape index (κ1) is 12.7. The molecule has 2 bridgehead atoms. The van der Waals surface area contributed by atoms with Crippen LogP contribution in [0, 0.1) is 11.8 Å². The number of aliphatic carboxylic acids is 1. The maximum atomic E-state index is 12.0. The predicted molar refractivity (Wildman–Crippen MR) is 74.1 cm³/mol. The average molecular weight is 259 g/mol. The fraction of sp³-hybridized carbons (Fsp3) is 0.562. The fourth-order valence-corrected chi connectivity index (χ4v) is 4.21. The molecule has 19 heavy (non-hydrogen) atoms. The molecule has 0 aliphatic heterocycles. The minimum Gasteiger partial charge on any atom is -0.480 e. The third-order valence-electron chi connectivity index (χ3n) is 5.03. The maximum Gasteiger partial charge on any atom is 0.324 e. The zero-order valence-corrected chi connectivity index (χ0v) is 11.4. The molecular weight excluding hydrogens is 238 g/mol. The lowest BCUT2D eigenvalue weighted by Crippen LogP contribution is -2.59. The van der Waals surface area contributed by atoms with E-state index in [1.165, 1.54) is 11.1 Å². The second kappa shape index (κ2) is 4.64. The van der Waals surface area contributed by atoms with Gasteiger partial charge in [0.2, 0.25) is 0 Å². The third kappa shape index (κ3) is 1.79. The number of likely N-dealkylation sites (N-methyl/N-ethyl adjacent to an activating group) is 1. The summed E-state index contributed by atoms with van der Waals surface area (Å²) in [5.41, 5.74) is 1.98. The van der Waals surface area contributed by atoms with Gasteiger partial charge in [-0.1, -0.05) is 31.2 Å². The quantitative estimate of drug-likeness (QED) is 0.875. The fourth-order valence-electron chi connectivity index (χ4n) is 4.21. The highest BCUT2D eigenvalue weighted by Crippen LogP contribution is 2.47. The van der Waals surface area contributed by atoms with Gasteiger partial charge in [0.1, 0.15) is 5.54 Å². The highest BCUT2D eigenvalue weighted by Gasteiger charge is 2.56. The molecule has 0 heterocycles. The van der Waals surface area contributed by atoms with Crippen LogP contribution in [-0.2, 0) is 17.6 Å². The number of carboxylic acids is 1. The highest BCUT2D eigenvalue weighted by molar-refractivity contribution is 5.81. The van der Waals surface area contributed by atoms with Crippen molar-refractivity contribution in [3.8, 4) is 0 Å². The smallest absolute Gasteiger partial charge is 0.324 e. The summed E-state index contributed by atoms with van der Waals surface area (Å²) in [6.07, 6.45) is 3.84. The summed E-state index contributed by atoms with van der Waals surface area (Å²) in [6.45, 7) is 2.72. The van der Waals surface area contributed by atoms with Crippen molar-refractivity contribution < 1.29 is 9.90 Å². The van der Waals surface area contributed by atoms with Crippen molar-refractivity contribution in [2.75, 3.05) is 6.54 Å². The first-order valence-electron chi connectivity index (χ1n) is 7.23. The molecule has 1 aromatic rings. The summed E-state index contributed by atoms with van der Waals surface area (Å²) >= 11 is 0. The molecule has 0 spiro atoms. The van der Waals surface area contributed by atoms with Gasteiger partial charge in [0.25, 0.3) is 0 Å². The molecule has 2 atom stereocenters. The van der Waals surface area contributed by atoms with Crippen LogP contribution in [0.25, 0.3) is 0 Å². The Morgan fingerprint density at radius 1 is 1.26 bits per heavy atom. The van der Waals surface area contributed by atoms with E-state index in [9.17, 15) is 9.90 Å². The predicted octanol–water partition coefficient (Wildman–Crippen LogP) is 2.24. The lowest BCUT2D eigenvalue weighted by atomic mass is 9.79. The largest absolute Gasteiger partial charge is 0.480 e. The zero-order chi connectivity index (χ0) is 13.5. The third-order valence-corrected chi connectivity index (χ3v) is 5.03. The van der Waals surface area contributed by atoms with Crippen molar-refractivity contribution in [1.82, 2.24) is 5.32 Å². The number of hydrogen-bond donors (Lipinski definition) is 2. The van der Waals surface area contributed by atoms with Crippen LogP contribution in [0.4, 0.5) is 0 Å². The molecule has 0 saturated heterocycles. The molecule has 0 aromatic heterocycles. The molecule has 2 unspecified atom stereocenters. The number of hydrogen-bond acceptors (Lipinski definition) is 2. The van der Waals surface area contributed by atoms with Gasteiger partial charge < -0.3 is 10.4 Å².